The third-order valence-electron chi connectivity index (χ3n) is 6.95. The standard InChI is InChI=1S/C23H27ClN4O3/c1-22(30)11-15(12-22)20-25-13-17(14-26-20)31-9-8-28-6-4-23(5-7-28)18-10-16(24)2-3-19(18)27-21(23)29/h2-3,10,13-15,30H,4-9,11-12H2,1H3,(H,27,29). The molecule has 7 nitrogen and oxygen atoms in total. The molecule has 2 aliphatic heterocycles. The lowest BCUT2D eigenvalue weighted by Crippen LogP contribution is -2.47. The molecular weight excluding hydrogens is 416 g/mol. The van der Waals surface area contributed by atoms with E-state index in [9.17, 15) is 9.90 Å². The molecule has 1 aromatic carbocycles. The van der Waals surface area contributed by atoms with Crippen LogP contribution in [0.1, 0.15) is 49.9 Å². The molecule has 8 heteroatoms. The van der Waals surface area contributed by atoms with E-state index in [2.05, 4.69) is 20.2 Å². The number of nitrogens with zero attached hydrogens (tertiary/aromatic N) is 3. The van der Waals surface area contributed by atoms with Crippen molar-refractivity contribution >= 4 is 23.2 Å². The number of carbonyl (C=O) groups is 1. The van der Waals surface area contributed by atoms with Gasteiger partial charge >= 0.3 is 0 Å². The molecule has 0 radical (unpaired) electrons. The van der Waals surface area contributed by atoms with E-state index < -0.39 is 11.0 Å². The number of aliphatic hydroxyl groups is 1. The topological polar surface area (TPSA) is 87.6 Å². The van der Waals surface area contributed by atoms with Crippen LogP contribution >= 0.6 is 11.6 Å². The van der Waals surface area contributed by atoms with E-state index in [1.54, 1.807) is 12.4 Å². The number of hydrogen-bond acceptors (Lipinski definition) is 6. The molecule has 164 valence electrons. The molecule has 2 aromatic rings. The van der Waals surface area contributed by atoms with Crippen molar-refractivity contribution in [1.82, 2.24) is 14.9 Å². The van der Waals surface area contributed by atoms with Gasteiger partial charge in [0.15, 0.2) is 5.75 Å². The van der Waals surface area contributed by atoms with E-state index in [1.165, 1.54) is 0 Å². The first-order chi connectivity index (χ1) is 14.8. The summed E-state index contributed by atoms with van der Waals surface area (Å²) in [5.41, 5.74) is 0.878. The van der Waals surface area contributed by atoms with Gasteiger partial charge in [-0.1, -0.05) is 11.6 Å². The summed E-state index contributed by atoms with van der Waals surface area (Å²) < 4.78 is 5.83. The monoisotopic (exact) mass is 442 g/mol. The first kappa shape index (κ1) is 20.7. The van der Waals surface area contributed by atoms with Crippen molar-refractivity contribution in [3.63, 3.8) is 0 Å². The van der Waals surface area contributed by atoms with Crippen LogP contribution in [-0.4, -0.2) is 57.7 Å². The van der Waals surface area contributed by atoms with Crippen molar-refractivity contribution < 1.29 is 14.6 Å². The van der Waals surface area contributed by atoms with Crippen LogP contribution in [0.3, 0.4) is 0 Å². The Hall–Kier alpha value is -2.22. The second-order valence-electron chi connectivity index (χ2n) is 9.30. The summed E-state index contributed by atoms with van der Waals surface area (Å²) in [6.07, 6.45) is 6.38. The van der Waals surface area contributed by atoms with Gasteiger partial charge in [0.2, 0.25) is 5.91 Å². The predicted molar refractivity (Wildman–Crippen MR) is 118 cm³/mol. The SMILES string of the molecule is CC1(O)CC(c2ncc(OCCN3CCC4(CC3)C(=O)Nc3ccc(Cl)cc34)cn2)C1. The van der Waals surface area contributed by atoms with Gasteiger partial charge < -0.3 is 15.2 Å². The number of halogens is 1. The molecule has 2 fully saturated rings. The van der Waals surface area contributed by atoms with Gasteiger partial charge in [0.25, 0.3) is 0 Å². The average molecular weight is 443 g/mol. The van der Waals surface area contributed by atoms with Gasteiger partial charge in [-0.15, -0.1) is 0 Å². The maximum absolute atomic E-state index is 12.7. The third kappa shape index (κ3) is 3.90. The number of hydrogen-bond donors (Lipinski definition) is 2. The fourth-order valence-corrected chi connectivity index (χ4v) is 5.30. The summed E-state index contributed by atoms with van der Waals surface area (Å²) in [6, 6.07) is 5.64. The molecule has 2 N–H and O–H groups in total. The van der Waals surface area contributed by atoms with Crippen molar-refractivity contribution in [2.45, 2.75) is 49.5 Å². The summed E-state index contributed by atoms with van der Waals surface area (Å²) in [5.74, 6) is 1.75. The summed E-state index contributed by atoms with van der Waals surface area (Å²) in [5, 5.41) is 13.6. The lowest BCUT2D eigenvalue weighted by molar-refractivity contribution is -0.122. The molecule has 1 aromatic heterocycles. The minimum Gasteiger partial charge on any atom is -0.489 e. The van der Waals surface area contributed by atoms with Gasteiger partial charge in [-0.3, -0.25) is 9.69 Å². The van der Waals surface area contributed by atoms with Crippen LogP contribution in [-0.2, 0) is 10.2 Å². The second kappa shape index (κ2) is 7.73. The van der Waals surface area contributed by atoms with Crippen LogP contribution in [0.4, 0.5) is 5.69 Å². The Labute approximate surface area is 186 Å². The predicted octanol–water partition coefficient (Wildman–Crippen LogP) is 3.12. The molecule has 3 heterocycles. The van der Waals surface area contributed by atoms with E-state index >= 15 is 0 Å². The van der Waals surface area contributed by atoms with Gasteiger partial charge in [-0.25, -0.2) is 9.97 Å². The highest BCUT2D eigenvalue weighted by Crippen LogP contribution is 2.46. The number of likely N-dealkylation sites (tertiary alicyclic amines) is 1. The van der Waals surface area contributed by atoms with Crippen LogP contribution in [0.2, 0.25) is 5.02 Å². The van der Waals surface area contributed by atoms with Crippen LogP contribution in [0, 0.1) is 0 Å². The number of amides is 1. The number of rotatable bonds is 5. The Morgan fingerprint density at radius 2 is 1.97 bits per heavy atom. The van der Waals surface area contributed by atoms with Crippen LogP contribution in [0.15, 0.2) is 30.6 Å². The molecule has 0 unspecified atom stereocenters. The van der Waals surface area contributed by atoms with Gasteiger partial charge in [0, 0.05) is 23.2 Å². The first-order valence-corrected chi connectivity index (χ1v) is 11.2. The Balaban J connectivity index is 1.11. The Bertz CT molecular complexity index is 979. The van der Waals surface area contributed by atoms with Crippen molar-refractivity contribution in [2.24, 2.45) is 0 Å². The number of benzene rings is 1. The van der Waals surface area contributed by atoms with Crippen LogP contribution < -0.4 is 10.1 Å². The Morgan fingerprint density at radius 1 is 1.26 bits per heavy atom. The minimum absolute atomic E-state index is 0.0888. The minimum atomic E-state index is -0.580. The zero-order chi connectivity index (χ0) is 21.6. The second-order valence-corrected chi connectivity index (χ2v) is 9.73. The van der Waals surface area contributed by atoms with Crippen molar-refractivity contribution in [2.75, 3.05) is 31.6 Å². The van der Waals surface area contributed by atoms with Crippen LogP contribution in [0.25, 0.3) is 0 Å². The number of ether oxygens (including phenoxy) is 1. The maximum atomic E-state index is 12.7. The smallest absolute Gasteiger partial charge is 0.235 e. The molecule has 0 bridgehead atoms. The Kier molecular flexibility index (Phi) is 5.15. The van der Waals surface area contributed by atoms with Gasteiger partial charge in [-0.2, -0.15) is 0 Å². The fourth-order valence-electron chi connectivity index (χ4n) is 5.13. The highest BCUT2D eigenvalue weighted by atomic mass is 35.5. The molecule has 1 aliphatic carbocycles. The van der Waals surface area contributed by atoms with Crippen molar-refractivity contribution in [3.8, 4) is 5.75 Å². The number of nitrogens with one attached hydrogen (secondary N) is 1. The zero-order valence-electron chi connectivity index (χ0n) is 17.6. The average Bonchev–Trinajstić information content (AvgIpc) is 2.99. The number of piperidine rings is 1. The summed E-state index contributed by atoms with van der Waals surface area (Å²) >= 11 is 6.19. The molecule has 1 spiro atoms. The number of carbonyl (C=O) groups excluding carboxylic acids is 1. The third-order valence-corrected chi connectivity index (χ3v) is 7.19. The summed E-state index contributed by atoms with van der Waals surface area (Å²) in [7, 11) is 0. The molecule has 3 aliphatic rings. The molecular formula is C23H27ClN4O3. The molecule has 0 atom stereocenters. The lowest BCUT2D eigenvalue weighted by atomic mass is 9.72. The van der Waals surface area contributed by atoms with Crippen molar-refractivity contribution in [1.29, 1.82) is 0 Å². The van der Waals surface area contributed by atoms with Gasteiger partial charge in [0.05, 0.1) is 23.4 Å². The van der Waals surface area contributed by atoms with E-state index in [1.807, 2.05) is 25.1 Å². The normalized spacial score (nSPS) is 26.9. The molecule has 31 heavy (non-hydrogen) atoms. The molecule has 1 saturated carbocycles. The van der Waals surface area contributed by atoms with E-state index in [0.29, 0.717) is 30.2 Å². The number of anilines is 1. The summed E-state index contributed by atoms with van der Waals surface area (Å²) in [6.45, 7) is 4.84. The van der Waals surface area contributed by atoms with Gasteiger partial charge in [0.1, 0.15) is 12.4 Å². The first-order valence-electron chi connectivity index (χ1n) is 10.9. The van der Waals surface area contributed by atoms with Crippen LogP contribution in [0.5, 0.6) is 5.75 Å². The molecule has 1 saturated heterocycles. The quantitative estimate of drug-likeness (QED) is 0.739. The number of aromatic nitrogens is 2. The maximum Gasteiger partial charge on any atom is 0.235 e. The van der Waals surface area contributed by atoms with E-state index in [0.717, 1.165) is 49.6 Å². The molecule has 1 amide bonds. The largest absolute Gasteiger partial charge is 0.489 e. The highest BCUT2D eigenvalue weighted by Gasteiger charge is 2.48. The molecule has 5 rings (SSSR count). The van der Waals surface area contributed by atoms with Crippen molar-refractivity contribution in [3.05, 3.63) is 47.0 Å². The van der Waals surface area contributed by atoms with Gasteiger partial charge in [-0.05, 0) is 69.5 Å². The lowest BCUT2D eigenvalue weighted by Gasteiger charge is -2.39. The Morgan fingerprint density at radius 3 is 2.65 bits per heavy atom. The fraction of sp³-hybridized carbons (Fsp3) is 0.522. The number of fused-ring (bicyclic) bond motifs is 2. The van der Waals surface area contributed by atoms with E-state index in [-0.39, 0.29) is 11.8 Å². The zero-order valence-corrected chi connectivity index (χ0v) is 18.4. The summed E-state index contributed by atoms with van der Waals surface area (Å²) in [4.78, 5) is 23.9. The highest BCUT2D eigenvalue weighted by molar-refractivity contribution is 6.31. The van der Waals surface area contributed by atoms with E-state index in [4.69, 9.17) is 16.3 Å².